The molecule has 27 heavy (non-hydrogen) atoms. The van der Waals surface area contributed by atoms with Gasteiger partial charge in [0.25, 0.3) is 0 Å². The summed E-state index contributed by atoms with van der Waals surface area (Å²) in [5.74, 6) is -0.0949. The van der Waals surface area contributed by atoms with Gasteiger partial charge in [-0.05, 0) is 56.7 Å². The molecule has 0 N–H and O–H groups in total. The highest BCUT2D eigenvalue weighted by Crippen LogP contribution is 2.48. The maximum absolute atomic E-state index is 13.6. The molecule has 1 aliphatic carbocycles. The second kappa shape index (κ2) is 6.47. The molecule has 1 aliphatic heterocycles. The first-order chi connectivity index (χ1) is 12.9. The first kappa shape index (κ1) is 18.2. The van der Waals surface area contributed by atoms with E-state index >= 15 is 0 Å². The van der Waals surface area contributed by atoms with E-state index in [9.17, 15) is 10.0 Å². The number of rotatable bonds is 2. The van der Waals surface area contributed by atoms with E-state index in [-0.39, 0.29) is 11.9 Å². The molecule has 1 heterocycles. The smallest absolute Gasteiger partial charge is 0.245 e. The van der Waals surface area contributed by atoms with Crippen LogP contribution in [-0.2, 0) is 22.0 Å². The minimum atomic E-state index is -1.09. The summed E-state index contributed by atoms with van der Waals surface area (Å²) in [6, 6.07) is 18.3. The number of carbonyl (C=O) groups is 1. The van der Waals surface area contributed by atoms with Crippen LogP contribution in [0, 0.1) is 0 Å². The number of nitrogens with zero attached hydrogens (tertiary/aromatic N) is 2. The Morgan fingerprint density at radius 3 is 2.41 bits per heavy atom. The van der Waals surface area contributed by atoms with Crippen molar-refractivity contribution in [1.29, 1.82) is 0 Å². The Bertz CT molecular complexity index is 848. The summed E-state index contributed by atoms with van der Waals surface area (Å²) in [6.45, 7) is 6.04. The third-order valence-corrected chi connectivity index (χ3v) is 6.42. The summed E-state index contributed by atoms with van der Waals surface area (Å²) in [5.41, 5.74) is 1.67. The molecule has 4 nitrogen and oxygen atoms in total. The Balaban J connectivity index is 1.82. The summed E-state index contributed by atoms with van der Waals surface area (Å²) < 4.78 is 0. The first-order valence-corrected chi connectivity index (χ1v) is 9.80. The first-order valence-electron chi connectivity index (χ1n) is 9.80. The Morgan fingerprint density at radius 1 is 1.00 bits per heavy atom. The van der Waals surface area contributed by atoms with E-state index in [1.807, 2.05) is 35.2 Å². The summed E-state index contributed by atoms with van der Waals surface area (Å²) in [6.07, 6.45) is 2.74. The Morgan fingerprint density at radius 2 is 1.67 bits per heavy atom. The highest BCUT2D eigenvalue weighted by atomic mass is 16.5. The van der Waals surface area contributed by atoms with Crippen LogP contribution in [0.2, 0.25) is 0 Å². The van der Waals surface area contributed by atoms with E-state index < -0.39 is 11.1 Å². The van der Waals surface area contributed by atoms with Gasteiger partial charge < -0.3 is 4.90 Å². The van der Waals surface area contributed by atoms with Gasteiger partial charge in [-0.25, -0.2) is 0 Å². The van der Waals surface area contributed by atoms with E-state index in [0.29, 0.717) is 6.54 Å². The van der Waals surface area contributed by atoms with Crippen molar-refractivity contribution in [2.45, 2.75) is 57.2 Å². The predicted molar refractivity (Wildman–Crippen MR) is 104 cm³/mol. The van der Waals surface area contributed by atoms with Gasteiger partial charge in [-0.2, -0.15) is 0 Å². The molecule has 1 amide bonds. The highest BCUT2D eigenvalue weighted by molar-refractivity contribution is 5.87. The zero-order chi connectivity index (χ0) is 19.2. The molecule has 2 atom stereocenters. The van der Waals surface area contributed by atoms with Crippen molar-refractivity contribution in [3.8, 4) is 0 Å². The molecule has 141 valence electrons. The molecule has 1 saturated heterocycles. The van der Waals surface area contributed by atoms with Crippen LogP contribution in [-0.4, -0.2) is 28.0 Å². The Hall–Kier alpha value is -2.17. The van der Waals surface area contributed by atoms with Crippen LogP contribution < -0.4 is 0 Å². The second-order valence-electron chi connectivity index (χ2n) is 8.42. The average Bonchev–Trinajstić information content (AvgIpc) is 2.70. The third-order valence-electron chi connectivity index (χ3n) is 6.42. The van der Waals surface area contributed by atoms with Crippen molar-refractivity contribution in [1.82, 2.24) is 9.96 Å². The van der Waals surface area contributed by atoms with Gasteiger partial charge in [0, 0.05) is 6.54 Å². The van der Waals surface area contributed by atoms with Crippen LogP contribution in [0.5, 0.6) is 0 Å². The lowest BCUT2D eigenvalue weighted by Crippen LogP contribution is -2.70. The van der Waals surface area contributed by atoms with Crippen molar-refractivity contribution in [2.75, 3.05) is 6.54 Å². The Kier molecular flexibility index (Phi) is 4.36. The van der Waals surface area contributed by atoms with E-state index in [0.717, 1.165) is 35.5 Å². The molecule has 0 saturated carbocycles. The van der Waals surface area contributed by atoms with Crippen molar-refractivity contribution >= 4 is 5.91 Å². The summed E-state index contributed by atoms with van der Waals surface area (Å²) in [5, 5.41) is 14.7. The molecule has 0 aromatic heterocycles. The number of aryl methyl sites for hydroxylation is 1. The highest BCUT2D eigenvalue weighted by Gasteiger charge is 2.58. The third kappa shape index (κ3) is 2.70. The summed E-state index contributed by atoms with van der Waals surface area (Å²) in [4.78, 5) is 15.2. The topological polar surface area (TPSA) is 43.5 Å². The molecular formula is C23H27N2O2. The monoisotopic (exact) mass is 363 g/mol. The fourth-order valence-corrected chi connectivity index (χ4v) is 4.89. The molecule has 4 rings (SSSR count). The fraction of sp³-hybridized carbons (Fsp3) is 0.435. The maximum atomic E-state index is 13.6. The zero-order valence-electron chi connectivity index (χ0n) is 16.3. The van der Waals surface area contributed by atoms with Gasteiger partial charge in [0.15, 0.2) is 0 Å². The van der Waals surface area contributed by atoms with Crippen LogP contribution >= 0.6 is 0 Å². The van der Waals surface area contributed by atoms with Crippen molar-refractivity contribution in [2.24, 2.45) is 0 Å². The van der Waals surface area contributed by atoms with E-state index in [2.05, 4.69) is 31.2 Å². The molecule has 2 aromatic rings. The quantitative estimate of drug-likeness (QED) is 0.801. The number of benzene rings is 2. The molecule has 0 bridgehead atoms. The number of carbonyl (C=O) groups excluding carboxylic acids is 1. The van der Waals surface area contributed by atoms with E-state index in [1.54, 1.807) is 13.8 Å². The summed E-state index contributed by atoms with van der Waals surface area (Å²) in [7, 11) is 0. The van der Waals surface area contributed by atoms with Crippen molar-refractivity contribution in [3.63, 3.8) is 0 Å². The molecule has 1 spiro atoms. The molecule has 4 heteroatoms. The lowest BCUT2D eigenvalue weighted by atomic mass is 9.72. The molecule has 1 radical (unpaired) electrons. The van der Waals surface area contributed by atoms with Gasteiger partial charge in [-0.15, -0.1) is 10.3 Å². The van der Waals surface area contributed by atoms with Gasteiger partial charge in [0.2, 0.25) is 5.91 Å². The molecule has 1 fully saturated rings. The number of amides is 1. The zero-order valence-corrected chi connectivity index (χ0v) is 16.3. The number of piperazine rings is 1. The number of fused-ring (bicyclic) bond motifs is 2. The van der Waals surface area contributed by atoms with Crippen LogP contribution in [0.1, 0.15) is 56.3 Å². The van der Waals surface area contributed by atoms with Gasteiger partial charge in [0.05, 0.1) is 11.6 Å². The predicted octanol–water partition coefficient (Wildman–Crippen LogP) is 4.25. The number of hydroxylamine groups is 2. The van der Waals surface area contributed by atoms with Crippen LogP contribution in [0.3, 0.4) is 0 Å². The number of hydrogen-bond acceptors (Lipinski definition) is 2. The van der Waals surface area contributed by atoms with Gasteiger partial charge in [-0.3, -0.25) is 4.79 Å². The minimum Gasteiger partial charge on any atom is -0.332 e. The largest absolute Gasteiger partial charge is 0.332 e. The summed E-state index contributed by atoms with van der Waals surface area (Å²) >= 11 is 0. The van der Waals surface area contributed by atoms with Crippen LogP contribution in [0.15, 0.2) is 54.6 Å². The molecule has 2 aliphatic rings. The Labute approximate surface area is 161 Å². The van der Waals surface area contributed by atoms with E-state index in [4.69, 9.17) is 0 Å². The average molecular weight is 363 g/mol. The second-order valence-corrected chi connectivity index (χ2v) is 8.42. The van der Waals surface area contributed by atoms with Gasteiger partial charge in [0.1, 0.15) is 5.54 Å². The maximum Gasteiger partial charge on any atom is 0.245 e. The SMILES string of the molecule is CC(c1ccccc1)N1CC2(CCCc3ccccc32)N([O])C(C)(C)C1=O. The fourth-order valence-electron chi connectivity index (χ4n) is 4.89. The minimum absolute atomic E-state index is 0.0716. The lowest BCUT2D eigenvalue weighted by molar-refractivity contribution is -0.302. The normalized spacial score (nSPS) is 26.1. The van der Waals surface area contributed by atoms with Gasteiger partial charge in [-0.1, -0.05) is 54.6 Å². The van der Waals surface area contributed by atoms with Crippen LogP contribution in [0.25, 0.3) is 0 Å². The molecular weight excluding hydrogens is 336 g/mol. The lowest BCUT2D eigenvalue weighted by Gasteiger charge is -2.56. The van der Waals surface area contributed by atoms with Crippen molar-refractivity contribution < 1.29 is 10.0 Å². The van der Waals surface area contributed by atoms with Crippen molar-refractivity contribution in [3.05, 3.63) is 71.3 Å². The molecule has 2 aromatic carbocycles. The standard InChI is InChI=1S/C23H27N2O2/c1-17(18-10-5-4-6-11-18)24-16-23(25(27)22(2,3)21(24)26)15-9-13-19-12-7-8-14-20(19)23/h4-8,10-12,14,17H,9,13,15-16H2,1-3H3. The molecule has 2 unspecified atom stereocenters. The van der Waals surface area contributed by atoms with E-state index in [1.165, 1.54) is 5.56 Å². The number of hydrogen-bond donors (Lipinski definition) is 0. The van der Waals surface area contributed by atoms with Gasteiger partial charge >= 0.3 is 0 Å². The van der Waals surface area contributed by atoms with Crippen LogP contribution in [0.4, 0.5) is 0 Å².